The van der Waals surface area contributed by atoms with E-state index in [4.69, 9.17) is 16.3 Å². The van der Waals surface area contributed by atoms with E-state index in [0.717, 1.165) is 11.1 Å². The average molecular weight is 357 g/mol. The summed E-state index contributed by atoms with van der Waals surface area (Å²) < 4.78 is 6.84. The first-order valence-electron chi connectivity index (χ1n) is 7.71. The number of benzene rings is 2. The molecule has 128 valence electrons. The van der Waals surface area contributed by atoms with Gasteiger partial charge < -0.3 is 14.6 Å². The lowest BCUT2D eigenvalue weighted by Gasteiger charge is -2.12. The molecule has 1 heterocycles. The van der Waals surface area contributed by atoms with Crippen LogP contribution in [-0.4, -0.2) is 17.6 Å². The highest BCUT2D eigenvalue weighted by molar-refractivity contribution is 6.32. The van der Waals surface area contributed by atoms with Crippen LogP contribution in [0.15, 0.2) is 53.5 Å². The summed E-state index contributed by atoms with van der Waals surface area (Å²) in [4.78, 5) is 24.4. The average Bonchev–Trinajstić information content (AvgIpc) is 2.58. The number of hydrogen-bond donors (Lipinski definition) is 1. The highest BCUT2D eigenvalue weighted by atomic mass is 35.5. The molecule has 0 spiro atoms. The van der Waals surface area contributed by atoms with Crippen LogP contribution in [0.2, 0.25) is 5.02 Å². The zero-order valence-electron chi connectivity index (χ0n) is 13.9. The van der Waals surface area contributed by atoms with Crippen molar-refractivity contribution >= 4 is 34.1 Å². The Morgan fingerprint density at radius 3 is 2.72 bits per heavy atom. The first-order chi connectivity index (χ1) is 12.0. The zero-order valence-corrected chi connectivity index (χ0v) is 14.6. The highest BCUT2D eigenvalue weighted by Gasteiger charge is 2.09. The number of fused-ring (bicyclic) bond motifs is 1. The van der Waals surface area contributed by atoms with Crippen molar-refractivity contribution in [1.82, 2.24) is 4.57 Å². The number of carbonyl (C=O) groups is 1. The molecule has 6 heteroatoms. The maximum absolute atomic E-state index is 12.4. The van der Waals surface area contributed by atoms with Crippen LogP contribution in [0.3, 0.4) is 0 Å². The van der Waals surface area contributed by atoms with Crippen molar-refractivity contribution in [2.24, 2.45) is 0 Å². The second kappa shape index (κ2) is 6.99. The number of anilines is 1. The van der Waals surface area contributed by atoms with Gasteiger partial charge >= 0.3 is 0 Å². The molecule has 0 unspecified atom stereocenters. The van der Waals surface area contributed by atoms with Crippen LogP contribution in [0.25, 0.3) is 10.9 Å². The van der Waals surface area contributed by atoms with E-state index in [1.165, 1.54) is 13.2 Å². The Morgan fingerprint density at radius 2 is 2.00 bits per heavy atom. The third-order valence-electron chi connectivity index (χ3n) is 3.88. The molecule has 0 atom stereocenters. The predicted molar refractivity (Wildman–Crippen MR) is 99.6 cm³/mol. The number of rotatable bonds is 4. The smallest absolute Gasteiger partial charge is 0.244 e. The maximum Gasteiger partial charge on any atom is 0.244 e. The number of halogens is 1. The minimum absolute atomic E-state index is 0.0581. The Hall–Kier alpha value is -2.79. The summed E-state index contributed by atoms with van der Waals surface area (Å²) in [6, 6.07) is 12.1. The molecule has 5 nitrogen and oxygen atoms in total. The Labute approximate surface area is 149 Å². The molecule has 2 aromatic carbocycles. The zero-order chi connectivity index (χ0) is 18.0. The second-order valence-corrected chi connectivity index (χ2v) is 6.13. The molecule has 0 saturated carbocycles. The molecule has 3 aromatic rings. The molecular weight excluding hydrogens is 340 g/mol. The Balaban J connectivity index is 1.84. The number of ether oxygens (including phenoxy) is 1. The summed E-state index contributed by atoms with van der Waals surface area (Å²) in [5.41, 5.74) is 2.25. The number of methoxy groups -OCH3 is 1. The van der Waals surface area contributed by atoms with Crippen LogP contribution < -0.4 is 15.5 Å². The van der Waals surface area contributed by atoms with Crippen molar-refractivity contribution in [3.63, 3.8) is 0 Å². The fourth-order valence-corrected chi connectivity index (χ4v) is 2.92. The van der Waals surface area contributed by atoms with Gasteiger partial charge in [-0.15, -0.1) is 0 Å². The van der Waals surface area contributed by atoms with E-state index in [0.29, 0.717) is 21.8 Å². The number of nitrogens with zero attached hydrogens (tertiary/aromatic N) is 1. The minimum Gasteiger partial charge on any atom is -0.495 e. The lowest BCUT2D eigenvalue weighted by Crippen LogP contribution is -2.20. The highest BCUT2D eigenvalue weighted by Crippen LogP contribution is 2.27. The molecule has 0 bridgehead atoms. The molecule has 0 radical (unpaired) electrons. The minimum atomic E-state index is -0.216. The molecule has 0 aliphatic heterocycles. The SMILES string of the molecule is COc1ccc(NC(=O)Cn2ccc(=O)c3cc(C)ccc32)cc1Cl. The number of carbonyl (C=O) groups excluding carboxylic acids is 1. The van der Waals surface area contributed by atoms with E-state index in [2.05, 4.69) is 5.32 Å². The Bertz CT molecular complexity index is 1010. The molecule has 3 rings (SSSR count). The van der Waals surface area contributed by atoms with Crippen LogP contribution in [0.1, 0.15) is 5.56 Å². The molecule has 1 N–H and O–H groups in total. The van der Waals surface area contributed by atoms with Gasteiger partial charge in [0.2, 0.25) is 5.91 Å². The largest absolute Gasteiger partial charge is 0.495 e. The van der Waals surface area contributed by atoms with Crippen LogP contribution in [0.5, 0.6) is 5.75 Å². The van der Waals surface area contributed by atoms with Crippen LogP contribution in [0.4, 0.5) is 5.69 Å². The molecule has 0 aliphatic carbocycles. The van der Waals surface area contributed by atoms with E-state index in [1.807, 2.05) is 25.1 Å². The van der Waals surface area contributed by atoms with Crippen molar-refractivity contribution < 1.29 is 9.53 Å². The maximum atomic E-state index is 12.4. The third-order valence-corrected chi connectivity index (χ3v) is 4.18. The van der Waals surface area contributed by atoms with Crippen LogP contribution in [-0.2, 0) is 11.3 Å². The molecule has 0 aliphatic rings. The topological polar surface area (TPSA) is 60.3 Å². The lowest BCUT2D eigenvalue weighted by atomic mass is 10.1. The van der Waals surface area contributed by atoms with Crippen LogP contribution in [0, 0.1) is 6.92 Å². The standard InChI is InChI=1S/C19H17ClN2O3/c1-12-3-5-16-14(9-12)17(23)7-8-22(16)11-19(24)21-13-4-6-18(25-2)15(20)10-13/h3-10H,11H2,1-2H3,(H,21,24). The number of amides is 1. The third kappa shape index (κ3) is 3.67. The molecule has 1 aromatic heterocycles. The summed E-state index contributed by atoms with van der Waals surface area (Å²) in [6.07, 6.45) is 1.63. The van der Waals surface area contributed by atoms with Crippen molar-refractivity contribution in [1.29, 1.82) is 0 Å². The van der Waals surface area contributed by atoms with Gasteiger partial charge in [-0.3, -0.25) is 9.59 Å². The summed E-state index contributed by atoms with van der Waals surface area (Å²) in [7, 11) is 1.53. The quantitative estimate of drug-likeness (QED) is 0.776. The molecule has 0 fully saturated rings. The second-order valence-electron chi connectivity index (χ2n) is 5.73. The predicted octanol–water partition coefficient (Wildman–Crippen LogP) is 3.61. The first-order valence-corrected chi connectivity index (χ1v) is 8.09. The van der Waals surface area contributed by atoms with E-state index in [9.17, 15) is 9.59 Å². The fraction of sp³-hybridized carbons (Fsp3) is 0.158. The van der Waals surface area contributed by atoms with Gasteiger partial charge in [-0.25, -0.2) is 0 Å². The molecule has 25 heavy (non-hydrogen) atoms. The molecular formula is C19H17ClN2O3. The van der Waals surface area contributed by atoms with E-state index in [-0.39, 0.29) is 17.9 Å². The van der Waals surface area contributed by atoms with Crippen molar-refractivity contribution in [2.45, 2.75) is 13.5 Å². The van der Waals surface area contributed by atoms with Gasteiger partial charge in [0.05, 0.1) is 17.6 Å². The molecule has 1 amide bonds. The summed E-state index contributed by atoms with van der Waals surface area (Å²) in [5, 5.41) is 3.82. The van der Waals surface area contributed by atoms with Gasteiger partial charge in [0.15, 0.2) is 5.43 Å². The Kier molecular flexibility index (Phi) is 4.76. The number of aryl methyl sites for hydroxylation is 1. The summed E-state index contributed by atoms with van der Waals surface area (Å²) in [6.45, 7) is 2.01. The van der Waals surface area contributed by atoms with Gasteiger partial charge in [-0.05, 0) is 37.3 Å². The fourth-order valence-electron chi connectivity index (χ4n) is 2.66. The van der Waals surface area contributed by atoms with Gasteiger partial charge in [0.25, 0.3) is 0 Å². The first kappa shape index (κ1) is 17.0. The van der Waals surface area contributed by atoms with E-state index in [1.54, 1.807) is 29.0 Å². The van der Waals surface area contributed by atoms with Crippen LogP contribution >= 0.6 is 11.6 Å². The monoisotopic (exact) mass is 356 g/mol. The van der Waals surface area contributed by atoms with Crippen molar-refractivity contribution in [3.8, 4) is 5.75 Å². The normalized spacial score (nSPS) is 10.7. The van der Waals surface area contributed by atoms with E-state index < -0.39 is 0 Å². The number of nitrogens with one attached hydrogen (secondary N) is 1. The Morgan fingerprint density at radius 1 is 1.20 bits per heavy atom. The summed E-state index contributed by atoms with van der Waals surface area (Å²) in [5.74, 6) is 0.327. The van der Waals surface area contributed by atoms with E-state index >= 15 is 0 Å². The van der Waals surface area contributed by atoms with Crippen molar-refractivity contribution in [2.75, 3.05) is 12.4 Å². The van der Waals surface area contributed by atoms with Gasteiger partial charge in [0.1, 0.15) is 12.3 Å². The number of pyridine rings is 1. The number of hydrogen-bond acceptors (Lipinski definition) is 3. The number of aromatic nitrogens is 1. The van der Waals surface area contributed by atoms with Gasteiger partial charge in [0, 0.05) is 23.3 Å². The lowest BCUT2D eigenvalue weighted by molar-refractivity contribution is -0.116. The van der Waals surface area contributed by atoms with Gasteiger partial charge in [-0.1, -0.05) is 23.2 Å². The van der Waals surface area contributed by atoms with Gasteiger partial charge in [-0.2, -0.15) is 0 Å². The summed E-state index contributed by atoms with van der Waals surface area (Å²) >= 11 is 6.07. The molecule has 0 saturated heterocycles. The van der Waals surface area contributed by atoms with Crippen molar-refractivity contribution in [3.05, 3.63) is 69.5 Å².